The first kappa shape index (κ1) is 10.8. The van der Waals surface area contributed by atoms with E-state index in [2.05, 4.69) is 72.1 Å². The molecule has 88 valence electrons. The van der Waals surface area contributed by atoms with Gasteiger partial charge in [0.1, 0.15) is 0 Å². The molecule has 0 unspecified atom stereocenters. The molecule has 1 aliphatic carbocycles. The predicted octanol–water partition coefficient (Wildman–Crippen LogP) is 4.30. The van der Waals surface area contributed by atoms with E-state index >= 15 is 0 Å². The fourth-order valence-corrected chi connectivity index (χ4v) is 2.23. The number of hydrogen-bond donors (Lipinski definition) is 1. The summed E-state index contributed by atoms with van der Waals surface area (Å²) in [5, 5.41) is 3.13. The van der Waals surface area contributed by atoms with Crippen molar-refractivity contribution in [1.29, 1.82) is 0 Å². The summed E-state index contributed by atoms with van der Waals surface area (Å²) < 4.78 is 0. The Morgan fingerprint density at radius 2 is 1.67 bits per heavy atom. The third-order valence-electron chi connectivity index (χ3n) is 3.24. The Kier molecular flexibility index (Phi) is 2.73. The highest BCUT2D eigenvalue weighted by Crippen LogP contribution is 2.30. The predicted molar refractivity (Wildman–Crippen MR) is 79.3 cm³/mol. The number of nitrogens with one attached hydrogen (secondary N) is 1. The molecular weight excluding hydrogens is 218 g/mol. The minimum Gasteiger partial charge on any atom is -0.388 e. The van der Waals surface area contributed by atoms with Crippen LogP contribution < -0.4 is 5.32 Å². The van der Waals surface area contributed by atoms with Gasteiger partial charge in [-0.15, -0.1) is 0 Å². The minimum atomic E-state index is 1.14. The van der Waals surface area contributed by atoms with Gasteiger partial charge < -0.3 is 5.32 Å². The summed E-state index contributed by atoms with van der Waals surface area (Å²) in [5.74, 6) is 0. The number of anilines is 1. The summed E-state index contributed by atoms with van der Waals surface area (Å²) >= 11 is 0. The molecule has 0 atom stereocenters. The average Bonchev–Trinajstić information content (AvgIpc) is 2.83. The fraction of sp³-hybridized carbons (Fsp3) is 0.0588. The number of rotatable bonds is 2. The SMILES string of the molecule is CNc1ccc(/C=C2/C=Cc3ccccc32)cc1. The standard InChI is InChI=1S/C17H15N/c1-18-16-10-6-13(7-11-16)12-15-9-8-14-4-2-3-5-17(14)15/h2-12,18H,1H3/b15-12-. The lowest BCUT2D eigenvalue weighted by atomic mass is 10.0. The lowest BCUT2D eigenvalue weighted by Gasteiger charge is -2.03. The van der Waals surface area contributed by atoms with Crippen molar-refractivity contribution in [2.24, 2.45) is 0 Å². The van der Waals surface area contributed by atoms with Gasteiger partial charge in [-0.2, -0.15) is 0 Å². The van der Waals surface area contributed by atoms with E-state index in [0.29, 0.717) is 0 Å². The van der Waals surface area contributed by atoms with Gasteiger partial charge in [-0.1, -0.05) is 48.6 Å². The van der Waals surface area contributed by atoms with Gasteiger partial charge in [0.25, 0.3) is 0 Å². The van der Waals surface area contributed by atoms with Gasteiger partial charge >= 0.3 is 0 Å². The molecule has 0 aromatic heterocycles. The number of hydrogen-bond acceptors (Lipinski definition) is 1. The Bertz CT molecular complexity index is 618. The second-order valence-electron chi connectivity index (χ2n) is 4.39. The Morgan fingerprint density at radius 1 is 0.889 bits per heavy atom. The largest absolute Gasteiger partial charge is 0.388 e. The van der Waals surface area contributed by atoms with Crippen LogP contribution in [0.4, 0.5) is 5.69 Å². The van der Waals surface area contributed by atoms with E-state index in [9.17, 15) is 0 Å². The third-order valence-corrected chi connectivity index (χ3v) is 3.24. The van der Waals surface area contributed by atoms with E-state index in [1.165, 1.54) is 22.3 Å². The van der Waals surface area contributed by atoms with Gasteiger partial charge in [0.05, 0.1) is 0 Å². The van der Waals surface area contributed by atoms with Crippen molar-refractivity contribution < 1.29 is 0 Å². The van der Waals surface area contributed by atoms with E-state index in [1.54, 1.807) is 0 Å². The number of fused-ring (bicyclic) bond motifs is 1. The first-order valence-corrected chi connectivity index (χ1v) is 6.14. The summed E-state index contributed by atoms with van der Waals surface area (Å²) in [5.41, 5.74) is 6.26. The summed E-state index contributed by atoms with van der Waals surface area (Å²) in [6.45, 7) is 0. The van der Waals surface area contributed by atoms with E-state index in [1.807, 2.05) is 7.05 Å². The normalized spacial score (nSPS) is 14.8. The second-order valence-corrected chi connectivity index (χ2v) is 4.39. The van der Waals surface area contributed by atoms with Crippen molar-refractivity contribution in [1.82, 2.24) is 0 Å². The monoisotopic (exact) mass is 233 g/mol. The van der Waals surface area contributed by atoms with E-state index < -0.39 is 0 Å². The molecule has 0 saturated heterocycles. The molecule has 2 aromatic rings. The Labute approximate surface area is 107 Å². The molecule has 1 heteroatoms. The molecule has 0 aliphatic heterocycles. The first-order chi connectivity index (χ1) is 8.86. The molecule has 1 N–H and O–H groups in total. The molecule has 2 aromatic carbocycles. The van der Waals surface area contributed by atoms with Crippen LogP contribution in [0.25, 0.3) is 17.7 Å². The van der Waals surface area contributed by atoms with Crippen molar-refractivity contribution in [2.75, 3.05) is 12.4 Å². The number of allylic oxidation sites excluding steroid dienone is 2. The van der Waals surface area contributed by atoms with Crippen molar-refractivity contribution in [2.45, 2.75) is 0 Å². The topological polar surface area (TPSA) is 12.0 Å². The molecule has 18 heavy (non-hydrogen) atoms. The van der Waals surface area contributed by atoms with Gasteiger partial charge in [0.15, 0.2) is 0 Å². The van der Waals surface area contributed by atoms with E-state index in [4.69, 9.17) is 0 Å². The highest BCUT2D eigenvalue weighted by Gasteiger charge is 2.08. The van der Waals surface area contributed by atoms with Crippen molar-refractivity contribution in [3.05, 3.63) is 71.3 Å². The van der Waals surface area contributed by atoms with Gasteiger partial charge in [-0.3, -0.25) is 0 Å². The molecule has 0 amide bonds. The van der Waals surface area contributed by atoms with Gasteiger partial charge in [0.2, 0.25) is 0 Å². The summed E-state index contributed by atoms with van der Waals surface area (Å²) in [4.78, 5) is 0. The van der Waals surface area contributed by atoms with Crippen LogP contribution in [0, 0.1) is 0 Å². The third kappa shape index (κ3) is 1.95. The maximum atomic E-state index is 3.13. The first-order valence-electron chi connectivity index (χ1n) is 6.14. The van der Waals surface area contributed by atoms with Crippen LogP contribution in [0.15, 0.2) is 54.6 Å². The summed E-state index contributed by atoms with van der Waals surface area (Å²) in [6.07, 6.45) is 6.57. The fourth-order valence-electron chi connectivity index (χ4n) is 2.23. The quantitative estimate of drug-likeness (QED) is 0.815. The molecular formula is C17H15N. The number of benzene rings is 2. The van der Waals surface area contributed by atoms with Crippen molar-refractivity contribution in [3.8, 4) is 0 Å². The lowest BCUT2D eigenvalue weighted by Crippen LogP contribution is -1.86. The summed E-state index contributed by atoms with van der Waals surface area (Å²) in [7, 11) is 1.93. The molecule has 0 spiro atoms. The van der Waals surface area contributed by atoms with Crippen LogP contribution in [-0.4, -0.2) is 7.05 Å². The molecule has 3 rings (SSSR count). The molecule has 0 heterocycles. The lowest BCUT2D eigenvalue weighted by molar-refractivity contribution is 1.50. The minimum absolute atomic E-state index is 1.14. The van der Waals surface area contributed by atoms with Crippen LogP contribution in [0.5, 0.6) is 0 Å². The maximum Gasteiger partial charge on any atom is 0.0337 e. The van der Waals surface area contributed by atoms with Gasteiger partial charge in [0, 0.05) is 12.7 Å². The van der Waals surface area contributed by atoms with Crippen LogP contribution in [0.1, 0.15) is 16.7 Å². The van der Waals surface area contributed by atoms with Crippen LogP contribution in [-0.2, 0) is 0 Å². The van der Waals surface area contributed by atoms with Crippen LogP contribution >= 0.6 is 0 Å². The van der Waals surface area contributed by atoms with Gasteiger partial charge in [-0.25, -0.2) is 0 Å². The zero-order valence-electron chi connectivity index (χ0n) is 10.4. The highest BCUT2D eigenvalue weighted by atomic mass is 14.8. The van der Waals surface area contributed by atoms with Crippen molar-refractivity contribution in [3.63, 3.8) is 0 Å². The zero-order chi connectivity index (χ0) is 12.4. The molecule has 0 fully saturated rings. The zero-order valence-corrected chi connectivity index (χ0v) is 10.4. The smallest absolute Gasteiger partial charge is 0.0337 e. The Balaban J connectivity index is 1.96. The average molecular weight is 233 g/mol. The Hall–Kier alpha value is -2.28. The van der Waals surface area contributed by atoms with Crippen LogP contribution in [0.2, 0.25) is 0 Å². The van der Waals surface area contributed by atoms with Crippen LogP contribution in [0.3, 0.4) is 0 Å². The molecule has 0 saturated carbocycles. The van der Waals surface area contributed by atoms with Gasteiger partial charge in [-0.05, 0) is 40.5 Å². The van der Waals surface area contributed by atoms with Crippen molar-refractivity contribution >= 4 is 23.4 Å². The molecule has 0 radical (unpaired) electrons. The maximum absolute atomic E-state index is 3.13. The Morgan fingerprint density at radius 3 is 2.44 bits per heavy atom. The molecule has 0 bridgehead atoms. The second kappa shape index (κ2) is 4.53. The van der Waals surface area contributed by atoms with E-state index in [0.717, 1.165) is 5.69 Å². The highest BCUT2D eigenvalue weighted by molar-refractivity contribution is 5.97. The summed E-state index contributed by atoms with van der Waals surface area (Å²) in [6, 6.07) is 16.9. The van der Waals surface area contributed by atoms with E-state index in [-0.39, 0.29) is 0 Å². The molecule has 1 nitrogen and oxygen atoms in total. The molecule has 1 aliphatic rings.